The summed E-state index contributed by atoms with van der Waals surface area (Å²) < 4.78 is 4.95. The van der Waals surface area contributed by atoms with Gasteiger partial charge in [-0.1, -0.05) is 30.3 Å². The number of imide groups is 1. The van der Waals surface area contributed by atoms with Gasteiger partial charge < -0.3 is 15.4 Å². The molecule has 7 nitrogen and oxygen atoms in total. The quantitative estimate of drug-likeness (QED) is 0.689. The highest BCUT2D eigenvalue weighted by atomic mass is 16.5. The Balaban J connectivity index is 1.95. The van der Waals surface area contributed by atoms with Crippen LogP contribution in [0.4, 0.5) is 4.79 Å². The normalized spacial score (nSPS) is 21.2. The number of hydrogen-bond acceptors (Lipinski definition) is 4. The highest BCUT2D eigenvalue weighted by molar-refractivity contribution is 6.08. The Bertz CT molecular complexity index is 634. The molecule has 1 saturated heterocycles. The average Bonchev–Trinajstić information content (AvgIpc) is 2.78. The Morgan fingerprint density at radius 1 is 1.32 bits per heavy atom. The van der Waals surface area contributed by atoms with Crippen LogP contribution in [0.15, 0.2) is 30.3 Å². The number of urea groups is 1. The number of nitrogens with one attached hydrogen (secondary N) is 2. The molecule has 2 atom stereocenters. The van der Waals surface area contributed by atoms with Gasteiger partial charge in [0.2, 0.25) is 5.91 Å². The summed E-state index contributed by atoms with van der Waals surface area (Å²) in [6.45, 7) is 3.55. The fourth-order valence-corrected chi connectivity index (χ4v) is 2.85. The zero-order valence-corrected chi connectivity index (χ0v) is 14.9. The van der Waals surface area contributed by atoms with Crippen molar-refractivity contribution >= 4 is 17.8 Å². The van der Waals surface area contributed by atoms with Crippen molar-refractivity contribution in [3.63, 3.8) is 0 Å². The third-order valence-electron chi connectivity index (χ3n) is 4.23. The Morgan fingerprint density at radius 3 is 2.64 bits per heavy atom. The van der Waals surface area contributed by atoms with Gasteiger partial charge in [-0.05, 0) is 32.3 Å². The van der Waals surface area contributed by atoms with Crippen molar-refractivity contribution in [3.8, 4) is 0 Å². The molecule has 0 saturated carbocycles. The van der Waals surface area contributed by atoms with Gasteiger partial charge in [0.1, 0.15) is 12.1 Å². The Hall–Kier alpha value is -2.41. The van der Waals surface area contributed by atoms with E-state index in [1.165, 1.54) is 7.11 Å². The average molecular weight is 347 g/mol. The van der Waals surface area contributed by atoms with Gasteiger partial charge in [-0.2, -0.15) is 0 Å². The molecule has 0 bridgehead atoms. The van der Waals surface area contributed by atoms with E-state index in [1.807, 2.05) is 30.3 Å². The molecule has 0 spiro atoms. The first-order chi connectivity index (χ1) is 11.9. The number of amides is 4. The number of benzene rings is 1. The number of hydrogen-bond donors (Lipinski definition) is 2. The minimum atomic E-state index is -0.995. The Kier molecular flexibility index (Phi) is 6.14. The molecule has 0 aromatic heterocycles. The second kappa shape index (κ2) is 8.11. The van der Waals surface area contributed by atoms with Gasteiger partial charge in [0, 0.05) is 13.2 Å². The van der Waals surface area contributed by atoms with Crippen molar-refractivity contribution in [3.05, 3.63) is 35.9 Å². The molecule has 2 rings (SSSR count). The maximum absolute atomic E-state index is 12.6. The summed E-state index contributed by atoms with van der Waals surface area (Å²) in [5.74, 6) is -0.761. The van der Waals surface area contributed by atoms with Crippen LogP contribution in [0.2, 0.25) is 0 Å². The zero-order chi connectivity index (χ0) is 18.4. The second-order valence-electron chi connectivity index (χ2n) is 6.56. The van der Waals surface area contributed by atoms with Crippen LogP contribution in [0.1, 0.15) is 25.8 Å². The lowest BCUT2D eigenvalue weighted by atomic mass is 9.93. The zero-order valence-electron chi connectivity index (χ0n) is 14.9. The summed E-state index contributed by atoms with van der Waals surface area (Å²) in [5.41, 5.74) is 0.0982. The van der Waals surface area contributed by atoms with Crippen LogP contribution in [0.3, 0.4) is 0 Å². The topological polar surface area (TPSA) is 87.7 Å². The molecular weight excluding hydrogens is 322 g/mol. The summed E-state index contributed by atoms with van der Waals surface area (Å²) in [7, 11) is 1.54. The van der Waals surface area contributed by atoms with Crippen LogP contribution in [-0.4, -0.2) is 54.6 Å². The molecule has 0 unspecified atom stereocenters. The smallest absolute Gasteiger partial charge is 0.325 e. The molecule has 0 radical (unpaired) electrons. The van der Waals surface area contributed by atoms with Gasteiger partial charge in [-0.15, -0.1) is 0 Å². The largest absolute Gasteiger partial charge is 0.383 e. The Morgan fingerprint density at radius 2 is 2.00 bits per heavy atom. The van der Waals surface area contributed by atoms with Crippen LogP contribution in [0.5, 0.6) is 0 Å². The van der Waals surface area contributed by atoms with E-state index in [1.54, 1.807) is 13.8 Å². The van der Waals surface area contributed by atoms with Gasteiger partial charge in [-0.25, -0.2) is 4.79 Å². The predicted octanol–water partition coefficient (Wildman–Crippen LogP) is 1.08. The van der Waals surface area contributed by atoms with Gasteiger partial charge in [-0.3, -0.25) is 14.5 Å². The van der Waals surface area contributed by atoms with Gasteiger partial charge >= 0.3 is 6.03 Å². The Labute approximate surface area is 147 Å². The fraction of sp³-hybridized carbons (Fsp3) is 0.500. The number of carbonyl (C=O) groups excluding carboxylic acids is 3. The third kappa shape index (κ3) is 4.79. The predicted molar refractivity (Wildman–Crippen MR) is 92.9 cm³/mol. The molecule has 7 heteroatoms. The van der Waals surface area contributed by atoms with Gasteiger partial charge in [0.25, 0.3) is 5.91 Å². The number of carbonyl (C=O) groups is 3. The number of rotatable bonds is 8. The van der Waals surface area contributed by atoms with E-state index in [-0.39, 0.29) is 24.4 Å². The molecule has 25 heavy (non-hydrogen) atoms. The first-order valence-corrected chi connectivity index (χ1v) is 8.32. The van der Waals surface area contributed by atoms with Crippen LogP contribution in [0.25, 0.3) is 0 Å². The minimum absolute atomic E-state index is 0.192. The number of methoxy groups -OCH3 is 1. The molecule has 1 aromatic rings. The van der Waals surface area contributed by atoms with Crippen LogP contribution in [0, 0.1) is 0 Å². The highest BCUT2D eigenvalue weighted by Gasteiger charge is 2.47. The first-order valence-electron chi connectivity index (χ1n) is 8.32. The van der Waals surface area contributed by atoms with E-state index in [0.717, 1.165) is 10.5 Å². The first kappa shape index (κ1) is 18.9. The lowest BCUT2D eigenvalue weighted by molar-refractivity contribution is -0.135. The van der Waals surface area contributed by atoms with E-state index in [0.29, 0.717) is 19.4 Å². The van der Waals surface area contributed by atoms with Crippen molar-refractivity contribution in [2.24, 2.45) is 0 Å². The van der Waals surface area contributed by atoms with Gasteiger partial charge in [0.15, 0.2) is 0 Å². The fourth-order valence-electron chi connectivity index (χ4n) is 2.85. The molecule has 2 N–H and O–H groups in total. The van der Waals surface area contributed by atoms with Crippen molar-refractivity contribution in [2.75, 3.05) is 20.3 Å². The van der Waals surface area contributed by atoms with Crippen molar-refractivity contribution < 1.29 is 19.1 Å². The molecular formula is C18H25N3O4. The van der Waals surface area contributed by atoms with E-state index in [2.05, 4.69) is 10.6 Å². The van der Waals surface area contributed by atoms with Crippen LogP contribution in [-0.2, 0) is 20.7 Å². The molecule has 4 amide bonds. The van der Waals surface area contributed by atoms with Crippen LogP contribution >= 0.6 is 0 Å². The molecule has 1 fully saturated rings. The molecule has 1 aliphatic heterocycles. The van der Waals surface area contributed by atoms with E-state index in [4.69, 9.17) is 4.74 Å². The van der Waals surface area contributed by atoms with Crippen molar-refractivity contribution in [1.82, 2.24) is 15.5 Å². The molecule has 1 heterocycles. The monoisotopic (exact) mass is 347 g/mol. The number of ether oxygens (including phenoxy) is 1. The maximum Gasteiger partial charge on any atom is 0.325 e. The van der Waals surface area contributed by atoms with Crippen molar-refractivity contribution in [2.45, 2.75) is 38.3 Å². The lowest BCUT2D eigenvalue weighted by Crippen LogP contribution is -2.46. The number of aryl methyl sites for hydroxylation is 1. The molecule has 1 aliphatic rings. The van der Waals surface area contributed by atoms with Crippen molar-refractivity contribution in [1.29, 1.82) is 0 Å². The third-order valence-corrected chi connectivity index (χ3v) is 4.23. The second-order valence-corrected chi connectivity index (χ2v) is 6.56. The SMILES string of the molecule is COC[C@@H](C)NC(=O)CN1C(=O)N[C@@](C)(CCc2ccccc2)C1=O. The molecule has 0 aliphatic carbocycles. The highest BCUT2D eigenvalue weighted by Crippen LogP contribution is 2.23. The van der Waals surface area contributed by atoms with Crippen LogP contribution < -0.4 is 10.6 Å². The maximum atomic E-state index is 12.6. The van der Waals surface area contributed by atoms with Gasteiger partial charge in [0.05, 0.1) is 6.61 Å². The number of nitrogens with zero attached hydrogens (tertiary/aromatic N) is 1. The summed E-state index contributed by atoms with van der Waals surface area (Å²) in [6.07, 6.45) is 1.13. The minimum Gasteiger partial charge on any atom is -0.383 e. The summed E-state index contributed by atoms with van der Waals surface area (Å²) in [4.78, 5) is 37.8. The summed E-state index contributed by atoms with van der Waals surface area (Å²) >= 11 is 0. The summed E-state index contributed by atoms with van der Waals surface area (Å²) in [6, 6.07) is 9.03. The molecule has 1 aromatic carbocycles. The summed E-state index contributed by atoms with van der Waals surface area (Å²) in [5, 5.41) is 5.41. The lowest BCUT2D eigenvalue weighted by Gasteiger charge is -2.22. The van der Waals surface area contributed by atoms with E-state index in [9.17, 15) is 14.4 Å². The standard InChI is InChI=1S/C18H25N3O4/c1-13(12-25-3)19-15(22)11-21-16(23)18(2,20-17(21)24)10-9-14-7-5-4-6-8-14/h4-8,13H,9-12H2,1-3H3,(H,19,22)(H,20,24)/t13-,18+/m1/s1. The molecule has 136 valence electrons. The van der Waals surface area contributed by atoms with E-state index >= 15 is 0 Å². The van der Waals surface area contributed by atoms with E-state index < -0.39 is 11.6 Å².